The van der Waals surface area contributed by atoms with E-state index >= 15 is 0 Å². The Hall–Kier alpha value is -2.89. The largest absolute Gasteiger partial charge is 0.466 e. The fraction of sp³-hybridized carbons (Fsp3) is 0.381. The molecule has 0 aromatic heterocycles. The lowest BCUT2D eigenvalue weighted by Gasteiger charge is -2.13. The van der Waals surface area contributed by atoms with E-state index in [9.17, 15) is 14.4 Å². The highest BCUT2D eigenvalue weighted by Gasteiger charge is 2.30. The molecule has 1 saturated carbocycles. The van der Waals surface area contributed by atoms with Gasteiger partial charge in [-0.3, -0.25) is 14.4 Å². The monoisotopic (exact) mass is 368 g/mol. The van der Waals surface area contributed by atoms with Gasteiger partial charge >= 0.3 is 5.97 Å². The third kappa shape index (κ3) is 5.06. The second kappa shape index (κ2) is 8.66. The Morgan fingerprint density at radius 1 is 1.11 bits per heavy atom. The molecule has 1 fully saturated rings. The van der Waals surface area contributed by atoms with Crippen molar-refractivity contribution in [2.45, 2.75) is 32.6 Å². The van der Waals surface area contributed by atoms with Gasteiger partial charge in [0, 0.05) is 18.9 Å². The van der Waals surface area contributed by atoms with Gasteiger partial charge in [-0.2, -0.15) is 0 Å². The number of esters is 1. The molecule has 2 amide bonds. The van der Waals surface area contributed by atoms with Crippen molar-refractivity contribution in [3.8, 4) is 0 Å². The normalized spacial score (nSPS) is 13.2. The topological polar surface area (TPSA) is 84.5 Å². The van der Waals surface area contributed by atoms with Crippen LogP contribution in [0.2, 0.25) is 0 Å². The van der Waals surface area contributed by atoms with Crippen LogP contribution in [0.4, 0.5) is 5.69 Å². The summed E-state index contributed by atoms with van der Waals surface area (Å²) in [6.07, 6.45) is 2.56. The SMILES string of the molecule is CCOC(=O)CCCNC(=O)c1cc2ccccc2cc1NC(=O)C1CC1. The van der Waals surface area contributed by atoms with Gasteiger partial charge in [0.2, 0.25) is 5.91 Å². The molecule has 27 heavy (non-hydrogen) atoms. The summed E-state index contributed by atoms with van der Waals surface area (Å²) in [5.41, 5.74) is 0.951. The highest BCUT2D eigenvalue weighted by Crippen LogP contribution is 2.31. The lowest BCUT2D eigenvalue weighted by molar-refractivity contribution is -0.143. The number of fused-ring (bicyclic) bond motifs is 1. The van der Waals surface area contributed by atoms with E-state index in [0.717, 1.165) is 23.6 Å². The molecule has 6 heteroatoms. The first kappa shape index (κ1) is 18.9. The second-order valence-electron chi connectivity index (χ2n) is 6.67. The minimum Gasteiger partial charge on any atom is -0.466 e. The zero-order valence-corrected chi connectivity index (χ0v) is 15.4. The Kier molecular flexibility index (Phi) is 6.06. The van der Waals surface area contributed by atoms with Crippen LogP contribution in [-0.4, -0.2) is 30.9 Å². The van der Waals surface area contributed by atoms with Gasteiger partial charge in [0.05, 0.1) is 17.9 Å². The summed E-state index contributed by atoms with van der Waals surface area (Å²) < 4.78 is 4.87. The molecule has 0 heterocycles. The van der Waals surface area contributed by atoms with Crippen molar-refractivity contribution in [3.05, 3.63) is 42.0 Å². The molecule has 2 N–H and O–H groups in total. The van der Waals surface area contributed by atoms with Crippen LogP contribution >= 0.6 is 0 Å². The zero-order valence-electron chi connectivity index (χ0n) is 15.4. The van der Waals surface area contributed by atoms with Crippen LogP contribution in [0.25, 0.3) is 10.8 Å². The van der Waals surface area contributed by atoms with Crippen molar-refractivity contribution in [1.82, 2.24) is 5.32 Å². The maximum absolute atomic E-state index is 12.7. The van der Waals surface area contributed by atoms with Gasteiger partial charge in [-0.1, -0.05) is 24.3 Å². The van der Waals surface area contributed by atoms with Crippen molar-refractivity contribution >= 4 is 34.2 Å². The number of ether oxygens (including phenoxy) is 1. The van der Waals surface area contributed by atoms with Gasteiger partial charge in [-0.05, 0) is 49.1 Å². The van der Waals surface area contributed by atoms with E-state index in [1.807, 2.05) is 30.3 Å². The summed E-state index contributed by atoms with van der Waals surface area (Å²) in [7, 11) is 0. The number of amides is 2. The molecular formula is C21H24N2O4. The highest BCUT2D eigenvalue weighted by atomic mass is 16.5. The first-order valence-electron chi connectivity index (χ1n) is 9.36. The van der Waals surface area contributed by atoms with Crippen LogP contribution in [0.1, 0.15) is 43.0 Å². The number of carbonyl (C=O) groups excluding carboxylic acids is 3. The summed E-state index contributed by atoms with van der Waals surface area (Å²) in [6, 6.07) is 11.3. The van der Waals surface area contributed by atoms with Crippen molar-refractivity contribution in [3.63, 3.8) is 0 Å². The Balaban J connectivity index is 1.71. The molecule has 2 aromatic carbocycles. The van der Waals surface area contributed by atoms with E-state index in [1.165, 1.54) is 0 Å². The first-order chi connectivity index (χ1) is 13.1. The maximum atomic E-state index is 12.7. The third-order valence-electron chi connectivity index (χ3n) is 4.49. The first-order valence-corrected chi connectivity index (χ1v) is 9.36. The van der Waals surface area contributed by atoms with Crippen molar-refractivity contribution in [2.24, 2.45) is 5.92 Å². The van der Waals surface area contributed by atoms with Crippen LogP contribution in [0.3, 0.4) is 0 Å². The van der Waals surface area contributed by atoms with E-state index in [2.05, 4.69) is 10.6 Å². The molecule has 3 rings (SSSR count). The van der Waals surface area contributed by atoms with Gasteiger partial charge in [-0.15, -0.1) is 0 Å². The molecule has 1 aliphatic carbocycles. The molecule has 0 bridgehead atoms. The predicted molar refractivity (Wildman–Crippen MR) is 104 cm³/mol. The molecule has 0 atom stereocenters. The molecule has 2 aromatic rings. The third-order valence-corrected chi connectivity index (χ3v) is 4.49. The highest BCUT2D eigenvalue weighted by molar-refractivity contribution is 6.08. The lowest BCUT2D eigenvalue weighted by Crippen LogP contribution is -2.27. The standard InChI is InChI=1S/C21H24N2O4/c1-2-27-19(24)8-5-11-22-21(26)17-12-15-6-3-4-7-16(15)13-18(17)23-20(25)14-9-10-14/h3-4,6-7,12-14H,2,5,8-11H2,1H3,(H,22,26)(H,23,25). The molecule has 0 aliphatic heterocycles. The Bertz CT molecular complexity index is 858. The lowest BCUT2D eigenvalue weighted by atomic mass is 10.0. The molecular weight excluding hydrogens is 344 g/mol. The maximum Gasteiger partial charge on any atom is 0.305 e. The van der Waals surface area contributed by atoms with Crippen LogP contribution in [-0.2, 0) is 14.3 Å². The number of carbonyl (C=O) groups is 3. The summed E-state index contributed by atoms with van der Waals surface area (Å²) >= 11 is 0. The van der Waals surface area contributed by atoms with E-state index in [4.69, 9.17) is 4.74 Å². The fourth-order valence-electron chi connectivity index (χ4n) is 2.87. The predicted octanol–water partition coefficient (Wildman–Crippen LogP) is 3.26. The number of rotatable bonds is 8. The van der Waals surface area contributed by atoms with Crippen LogP contribution in [0.5, 0.6) is 0 Å². The summed E-state index contributed by atoms with van der Waals surface area (Å²) in [6.45, 7) is 2.48. The van der Waals surface area contributed by atoms with Crippen molar-refractivity contribution in [2.75, 3.05) is 18.5 Å². The van der Waals surface area contributed by atoms with Crippen molar-refractivity contribution < 1.29 is 19.1 Å². The van der Waals surface area contributed by atoms with Crippen molar-refractivity contribution in [1.29, 1.82) is 0 Å². The Morgan fingerprint density at radius 3 is 2.48 bits per heavy atom. The van der Waals surface area contributed by atoms with E-state index in [1.54, 1.807) is 13.0 Å². The smallest absolute Gasteiger partial charge is 0.305 e. The minimum absolute atomic E-state index is 0.0401. The van der Waals surface area contributed by atoms with E-state index < -0.39 is 0 Å². The van der Waals surface area contributed by atoms with Gasteiger partial charge in [0.25, 0.3) is 5.91 Å². The van der Waals surface area contributed by atoms with Gasteiger partial charge in [-0.25, -0.2) is 0 Å². The number of hydrogen-bond donors (Lipinski definition) is 2. The second-order valence-corrected chi connectivity index (χ2v) is 6.67. The van der Waals surface area contributed by atoms with Crippen LogP contribution < -0.4 is 10.6 Å². The number of benzene rings is 2. The molecule has 1 aliphatic rings. The average Bonchev–Trinajstić information content (AvgIpc) is 3.50. The number of hydrogen-bond acceptors (Lipinski definition) is 4. The molecule has 6 nitrogen and oxygen atoms in total. The Morgan fingerprint density at radius 2 is 1.81 bits per heavy atom. The van der Waals surface area contributed by atoms with Gasteiger partial charge in [0.1, 0.15) is 0 Å². The number of nitrogens with one attached hydrogen (secondary N) is 2. The Labute approximate surface area is 158 Å². The quantitative estimate of drug-likeness (QED) is 0.553. The van der Waals surface area contributed by atoms with Crippen LogP contribution in [0, 0.1) is 5.92 Å². The van der Waals surface area contributed by atoms with Gasteiger partial charge < -0.3 is 15.4 Å². The summed E-state index contributed by atoms with van der Waals surface area (Å²) in [5.74, 6) is -0.524. The molecule has 0 saturated heterocycles. The zero-order chi connectivity index (χ0) is 19.2. The minimum atomic E-state index is -0.269. The van der Waals surface area contributed by atoms with E-state index in [0.29, 0.717) is 30.8 Å². The molecule has 0 spiro atoms. The van der Waals surface area contributed by atoms with Gasteiger partial charge in [0.15, 0.2) is 0 Å². The summed E-state index contributed by atoms with van der Waals surface area (Å²) in [4.78, 5) is 36.2. The van der Waals surface area contributed by atoms with E-state index in [-0.39, 0.29) is 30.1 Å². The molecule has 0 radical (unpaired) electrons. The average molecular weight is 368 g/mol. The van der Waals surface area contributed by atoms with Crippen LogP contribution in [0.15, 0.2) is 36.4 Å². The fourth-order valence-corrected chi connectivity index (χ4v) is 2.87. The number of anilines is 1. The molecule has 0 unspecified atom stereocenters. The molecule has 142 valence electrons. The summed E-state index contributed by atoms with van der Waals surface area (Å²) in [5, 5.41) is 7.61.